The normalized spacial score (nSPS) is 12.0. The van der Waals surface area contributed by atoms with Gasteiger partial charge in [0.2, 0.25) is 0 Å². The predicted octanol–water partition coefficient (Wildman–Crippen LogP) is 4.70. The first-order valence-electron chi connectivity index (χ1n) is 8.14. The summed E-state index contributed by atoms with van der Waals surface area (Å²) in [5.41, 5.74) is 3.13. The number of hydrogen-bond donors (Lipinski definition) is 1. The molecule has 1 atom stereocenters. The maximum atomic E-state index is 11.7. The van der Waals surface area contributed by atoms with Crippen LogP contribution in [0.1, 0.15) is 25.8 Å². The van der Waals surface area contributed by atoms with Crippen LogP contribution in [0.4, 0.5) is 0 Å². The van der Waals surface area contributed by atoms with Crippen molar-refractivity contribution in [1.29, 1.82) is 0 Å². The highest BCUT2D eigenvalue weighted by atomic mass is 35.5. The van der Waals surface area contributed by atoms with E-state index in [4.69, 9.17) is 32.7 Å². The van der Waals surface area contributed by atoms with Crippen LogP contribution in [0.2, 0.25) is 10.0 Å². The van der Waals surface area contributed by atoms with E-state index in [-0.39, 0.29) is 18.6 Å². The fourth-order valence-corrected chi connectivity index (χ4v) is 2.32. The van der Waals surface area contributed by atoms with Gasteiger partial charge in [0.05, 0.1) is 17.3 Å². The highest BCUT2D eigenvalue weighted by Crippen LogP contribution is 2.26. The van der Waals surface area contributed by atoms with Crippen LogP contribution in [0.15, 0.2) is 47.6 Å². The van der Waals surface area contributed by atoms with Gasteiger partial charge in [-0.05, 0) is 55.3 Å². The molecule has 0 aromatic heterocycles. The number of hydrogen-bond acceptors (Lipinski definition) is 4. The quantitative estimate of drug-likeness (QED) is 0.521. The molecule has 0 aliphatic rings. The number of benzene rings is 2. The Morgan fingerprint density at radius 3 is 2.77 bits per heavy atom. The summed E-state index contributed by atoms with van der Waals surface area (Å²) >= 11 is 12.0. The molecule has 0 aliphatic carbocycles. The molecule has 0 saturated carbocycles. The molecular weight excluding hydrogens is 375 g/mol. The third-order valence-electron chi connectivity index (χ3n) is 3.43. The Balaban J connectivity index is 1.83. The van der Waals surface area contributed by atoms with E-state index in [0.717, 1.165) is 12.0 Å². The molecule has 26 heavy (non-hydrogen) atoms. The fourth-order valence-electron chi connectivity index (χ4n) is 1.91. The second-order valence-electron chi connectivity index (χ2n) is 5.57. The van der Waals surface area contributed by atoms with Crippen LogP contribution < -0.4 is 14.9 Å². The van der Waals surface area contributed by atoms with E-state index in [0.29, 0.717) is 21.5 Å². The van der Waals surface area contributed by atoms with Gasteiger partial charge >= 0.3 is 0 Å². The maximum absolute atomic E-state index is 11.7. The van der Waals surface area contributed by atoms with Crippen LogP contribution in [-0.4, -0.2) is 24.8 Å². The minimum atomic E-state index is -0.385. The molecule has 138 valence electrons. The summed E-state index contributed by atoms with van der Waals surface area (Å²) in [6.45, 7) is 3.85. The zero-order valence-electron chi connectivity index (χ0n) is 14.5. The number of nitrogens with one attached hydrogen (secondary N) is 1. The predicted molar refractivity (Wildman–Crippen MR) is 105 cm³/mol. The van der Waals surface area contributed by atoms with E-state index in [1.807, 2.05) is 19.9 Å². The fraction of sp³-hybridized carbons (Fsp3) is 0.263. The SMILES string of the molecule is CC[C@H](C)Oc1ccc(/C=N/NC(=O)COc2cccc(Cl)c2)cc1Cl. The summed E-state index contributed by atoms with van der Waals surface area (Å²) in [4.78, 5) is 11.7. The van der Waals surface area contributed by atoms with Gasteiger partial charge in [0.25, 0.3) is 5.91 Å². The smallest absolute Gasteiger partial charge is 0.277 e. The highest BCUT2D eigenvalue weighted by molar-refractivity contribution is 6.32. The summed E-state index contributed by atoms with van der Waals surface area (Å²) in [5, 5.41) is 4.92. The van der Waals surface area contributed by atoms with Gasteiger partial charge in [0, 0.05) is 5.02 Å². The monoisotopic (exact) mass is 394 g/mol. The Morgan fingerprint density at radius 1 is 1.27 bits per heavy atom. The van der Waals surface area contributed by atoms with Gasteiger partial charge in [-0.25, -0.2) is 5.43 Å². The molecular formula is C19H20Cl2N2O3. The van der Waals surface area contributed by atoms with Crippen LogP contribution in [0.25, 0.3) is 0 Å². The lowest BCUT2D eigenvalue weighted by atomic mass is 10.2. The molecule has 0 heterocycles. The molecule has 0 unspecified atom stereocenters. The van der Waals surface area contributed by atoms with Crippen molar-refractivity contribution < 1.29 is 14.3 Å². The summed E-state index contributed by atoms with van der Waals surface area (Å²) in [5.74, 6) is 0.751. The molecule has 2 aromatic rings. The van der Waals surface area contributed by atoms with E-state index in [1.165, 1.54) is 6.21 Å². The lowest BCUT2D eigenvalue weighted by molar-refractivity contribution is -0.123. The minimum Gasteiger partial charge on any atom is -0.489 e. The number of rotatable bonds is 8. The van der Waals surface area contributed by atoms with E-state index in [2.05, 4.69) is 10.5 Å². The van der Waals surface area contributed by atoms with Crippen molar-refractivity contribution in [2.75, 3.05) is 6.61 Å². The molecule has 1 N–H and O–H groups in total. The molecule has 7 heteroatoms. The second kappa shape index (κ2) is 10.0. The molecule has 2 aromatic carbocycles. The molecule has 5 nitrogen and oxygen atoms in total. The van der Waals surface area contributed by atoms with E-state index in [1.54, 1.807) is 36.4 Å². The van der Waals surface area contributed by atoms with Gasteiger partial charge in [0.15, 0.2) is 6.61 Å². The Morgan fingerprint density at radius 2 is 2.08 bits per heavy atom. The third kappa shape index (κ3) is 6.58. The lowest BCUT2D eigenvalue weighted by Gasteiger charge is -2.13. The summed E-state index contributed by atoms with van der Waals surface area (Å²) in [7, 11) is 0. The third-order valence-corrected chi connectivity index (χ3v) is 3.96. The summed E-state index contributed by atoms with van der Waals surface area (Å²) in [6.07, 6.45) is 2.48. The Hall–Kier alpha value is -2.24. The standard InChI is InChI=1S/C19H20Cl2N2O3/c1-3-13(2)26-18-8-7-14(9-17(18)21)11-22-23-19(24)12-25-16-6-4-5-15(20)10-16/h4-11,13H,3,12H2,1-2H3,(H,23,24)/b22-11+/t13-/m0/s1. The number of carbonyl (C=O) groups is 1. The second-order valence-corrected chi connectivity index (χ2v) is 6.41. The van der Waals surface area contributed by atoms with E-state index in [9.17, 15) is 4.79 Å². The lowest BCUT2D eigenvalue weighted by Crippen LogP contribution is -2.24. The zero-order valence-corrected chi connectivity index (χ0v) is 16.1. The maximum Gasteiger partial charge on any atom is 0.277 e. The van der Waals surface area contributed by atoms with Gasteiger partial charge in [-0.2, -0.15) is 5.10 Å². The van der Waals surface area contributed by atoms with Crippen LogP contribution in [0, 0.1) is 0 Å². The van der Waals surface area contributed by atoms with Crippen LogP contribution >= 0.6 is 23.2 Å². The van der Waals surface area contributed by atoms with Crippen molar-refractivity contribution in [3.8, 4) is 11.5 Å². The Bertz CT molecular complexity index is 781. The zero-order chi connectivity index (χ0) is 18.9. The summed E-state index contributed by atoms with van der Waals surface area (Å²) in [6, 6.07) is 12.1. The molecule has 0 bridgehead atoms. The van der Waals surface area contributed by atoms with Crippen molar-refractivity contribution >= 4 is 35.3 Å². The van der Waals surface area contributed by atoms with Crippen LogP contribution in [0.5, 0.6) is 11.5 Å². The molecule has 0 aliphatic heterocycles. The first-order valence-corrected chi connectivity index (χ1v) is 8.90. The number of nitrogens with zero attached hydrogens (tertiary/aromatic N) is 1. The number of amides is 1. The largest absolute Gasteiger partial charge is 0.489 e. The first-order chi connectivity index (χ1) is 12.5. The number of halogens is 2. The van der Waals surface area contributed by atoms with Crippen molar-refractivity contribution in [1.82, 2.24) is 5.43 Å². The van der Waals surface area contributed by atoms with E-state index >= 15 is 0 Å². The Kier molecular flexibility index (Phi) is 7.75. The van der Waals surface area contributed by atoms with Crippen molar-refractivity contribution in [2.24, 2.45) is 5.10 Å². The topological polar surface area (TPSA) is 59.9 Å². The molecule has 1 amide bonds. The van der Waals surface area contributed by atoms with Gasteiger partial charge < -0.3 is 9.47 Å². The minimum absolute atomic E-state index is 0.0887. The first kappa shape index (κ1) is 20.1. The van der Waals surface area contributed by atoms with E-state index < -0.39 is 0 Å². The summed E-state index contributed by atoms with van der Waals surface area (Å²) < 4.78 is 11.0. The molecule has 2 rings (SSSR count). The number of carbonyl (C=O) groups excluding carboxylic acids is 1. The van der Waals surface area contributed by atoms with Crippen molar-refractivity contribution in [2.45, 2.75) is 26.4 Å². The van der Waals surface area contributed by atoms with Gasteiger partial charge in [0.1, 0.15) is 11.5 Å². The van der Waals surface area contributed by atoms with Gasteiger partial charge in [-0.1, -0.05) is 36.2 Å². The molecule has 0 saturated heterocycles. The average Bonchev–Trinajstić information content (AvgIpc) is 2.62. The number of ether oxygens (including phenoxy) is 2. The Labute approximate surface area is 162 Å². The van der Waals surface area contributed by atoms with Crippen LogP contribution in [0.3, 0.4) is 0 Å². The van der Waals surface area contributed by atoms with Gasteiger partial charge in [-0.3, -0.25) is 4.79 Å². The molecule has 0 spiro atoms. The van der Waals surface area contributed by atoms with Crippen molar-refractivity contribution in [3.05, 3.63) is 58.1 Å². The van der Waals surface area contributed by atoms with Crippen molar-refractivity contribution in [3.63, 3.8) is 0 Å². The molecule has 0 fully saturated rings. The van der Waals surface area contributed by atoms with Gasteiger partial charge in [-0.15, -0.1) is 0 Å². The molecule has 0 radical (unpaired) electrons. The number of hydrazone groups is 1. The van der Waals surface area contributed by atoms with Crippen LogP contribution in [-0.2, 0) is 4.79 Å². The average molecular weight is 395 g/mol. The highest BCUT2D eigenvalue weighted by Gasteiger charge is 2.06.